The molecule has 0 atom stereocenters. The highest BCUT2D eigenvalue weighted by Crippen LogP contribution is 2.64. The Labute approximate surface area is 358 Å². The van der Waals surface area contributed by atoms with Gasteiger partial charge in [-0.25, -0.2) is 15.0 Å². The van der Waals surface area contributed by atoms with Crippen molar-refractivity contribution < 1.29 is 4.42 Å². The number of benzene rings is 9. The fourth-order valence-electron chi connectivity index (χ4n) is 10.4. The molecule has 0 bridgehead atoms. The number of hydrogen-bond donors (Lipinski definition) is 0. The second-order valence-corrected chi connectivity index (χ2v) is 16.2. The molecule has 13 rings (SSSR count). The average Bonchev–Trinajstić information content (AvgIpc) is 3.99. The van der Waals surface area contributed by atoms with Crippen LogP contribution in [0.5, 0.6) is 0 Å². The summed E-state index contributed by atoms with van der Waals surface area (Å²) in [4.78, 5) is 15.5. The zero-order valence-corrected chi connectivity index (χ0v) is 33.5. The van der Waals surface area contributed by atoms with E-state index in [1.807, 2.05) is 36.4 Å². The van der Waals surface area contributed by atoms with Crippen molar-refractivity contribution in [2.75, 3.05) is 0 Å². The summed E-state index contributed by atoms with van der Waals surface area (Å²) in [5.41, 5.74) is 19.0. The average molecular weight is 790 g/mol. The van der Waals surface area contributed by atoms with E-state index < -0.39 is 5.41 Å². The maximum Gasteiger partial charge on any atom is 0.164 e. The number of aromatic nitrogens is 3. The third-order valence-electron chi connectivity index (χ3n) is 13.0. The fraction of sp³-hybridized carbons (Fsp3) is 0.0172. The molecule has 1 spiro atoms. The summed E-state index contributed by atoms with van der Waals surface area (Å²) in [6.45, 7) is 0. The topological polar surface area (TPSA) is 51.8 Å². The quantitative estimate of drug-likeness (QED) is 0.174. The molecular formula is C58H35N3O. The Morgan fingerprint density at radius 3 is 1.44 bits per heavy atom. The number of hydrogen-bond acceptors (Lipinski definition) is 4. The Morgan fingerprint density at radius 2 is 0.742 bits per heavy atom. The van der Waals surface area contributed by atoms with Crippen molar-refractivity contribution in [3.8, 4) is 78.7 Å². The van der Waals surface area contributed by atoms with E-state index in [1.165, 1.54) is 50.1 Å². The summed E-state index contributed by atoms with van der Waals surface area (Å²) in [6, 6.07) is 75.6. The lowest BCUT2D eigenvalue weighted by Crippen LogP contribution is -2.25. The predicted octanol–water partition coefficient (Wildman–Crippen LogP) is 14.4. The van der Waals surface area contributed by atoms with Gasteiger partial charge in [-0.3, -0.25) is 0 Å². The molecule has 288 valence electrons. The van der Waals surface area contributed by atoms with Crippen molar-refractivity contribution in [1.82, 2.24) is 15.0 Å². The number of rotatable bonds is 5. The highest BCUT2D eigenvalue weighted by Gasteiger charge is 2.51. The van der Waals surface area contributed by atoms with Gasteiger partial charge in [-0.05, 0) is 91.0 Å². The molecule has 9 aromatic carbocycles. The number of para-hydroxylation sites is 1. The molecule has 0 radical (unpaired) electrons. The van der Waals surface area contributed by atoms with E-state index in [9.17, 15) is 0 Å². The Morgan fingerprint density at radius 1 is 0.306 bits per heavy atom. The zero-order chi connectivity index (χ0) is 40.8. The van der Waals surface area contributed by atoms with Crippen LogP contribution in [0.25, 0.3) is 101 Å². The van der Waals surface area contributed by atoms with E-state index in [0.717, 1.165) is 55.3 Å². The predicted molar refractivity (Wildman–Crippen MR) is 251 cm³/mol. The lowest BCUT2D eigenvalue weighted by molar-refractivity contribution is 0.669. The lowest BCUT2D eigenvalue weighted by Gasteiger charge is -2.30. The minimum Gasteiger partial charge on any atom is -0.456 e. The van der Waals surface area contributed by atoms with Gasteiger partial charge in [-0.15, -0.1) is 0 Å². The van der Waals surface area contributed by atoms with Crippen LogP contribution in [0.3, 0.4) is 0 Å². The van der Waals surface area contributed by atoms with Crippen molar-refractivity contribution in [3.63, 3.8) is 0 Å². The van der Waals surface area contributed by atoms with E-state index >= 15 is 0 Å². The third kappa shape index (κ3) is 4.98. The summed E-state index contributed by atoms with van der Waals surface area (Å²) in [6.07, 6.45) is 0. The molecule has 62 heavy (non-hydrogen) atoms. The highest BCUT2D eigenvalue weighted by atomic mass is 16.3. The van der Waals surface area contributed by atoms with Crippen molar-refractivity contribution in [2.24, 2.45) is 0 Å². The van der Waals surface area contributed by atoms with E-state index in [-0.39, 0.29) is 0 Å². The van der Waals surface area contributed by atoms with Crippen molar-refractivity contribution in [2.45, 2.75) is 5.41 Å². The van der Waals surface area contributed by atoms with Gasteiger partial charge in [0.15, 0.2) is 17.5 Å². The largest absolute Gasteiger partial charge is 0.456 e. The third-order valence-corrected chi connectivity index (χ3v) is 13.0. The molecule has 2 aromatic heterocycles. The second-order valence-electron chi connectivity index (χ2n) is 16.2. The Hall–Kier alpha value is -8.21. The first kappa shape index (κ1) is 34.6. The van der Waals surface area contributed by atoms with Gasteiger partial charge < -0.3 is 4.42 Å². The van der Waals surface area contributed by atoms with Crippen molar-refractivity contribution in [3.05, 3.63) is 235 Å². The summed E-state index contributed by atoms with van der Waals surface area (Å²) in [5.74, 6) is 1.85. The van der Waals surface area contributed by atoms with Crippen LogP contribution in [-0.2, 0) is 5.41 Å². The minimum absolute atomic E-state index is 0.412. The molecule has 2 aliphatic rings. The van der Waals surface area contributed by atoms with E-state index in [4.69, 9.17) is 19.4 Å². The first-order valence-corrected chi connectivity index (χ1v) is 21.1. The van der Waals surface area contributed by atoms with Gasteiger partial charge in [-0.1, -0.05) is 188 Å². The molecule has 0 saturated heterocycles. The van der Waals surface area contributed by atoms with Crippen molar-refractivity contribution in [1.29, 1.82) is 0 Å². The molecule has 0 fully saturated rings. The van der Waals surface area contributed by atoms with E-state index in [0.29, 0.717) is 17.5 Å². The Kier molecular flexibility index (Phi) is 7.49. The fourth-order valence-corrected chi connectivity index (χ4v) is 10.4. The molecule has 0 saturated carbocycles. The van der Waals surface area contributed by atoms with E-state index in [1.54, 1.807) is 0 Å². The summed E-state index contributed by atoms with van der Waals surface area (Å²) >= 11 is 0. The van der Waals surface area contributed by atoms with Crippen LogP contribution < -0.4 is 0 Å². The minimum atomic E-state index is -0.412. The molecule has 4 heteroatoms. The SMILES string of the molecule is c1ccc(-c2nc(-c3cccc(-c4cccc5c4-c4ccccc4C54c5ccccc5-c5ccccc54)c3)nc(-c3cccc(-c4cccc5oc6ccccc6c45)c3)n2)cc1. The number of fused-ring (bicyclic) bond motifs is 13. The Bertz CT molecular complexity index is 3560. The van der Waals surface area contributed by atoms with Gasteiger partial charge >= 0.3 is 0 Å². The number of nitrogens with zero attached hydrogens (tertiary/aromatic N) is 3. The van der Waals surface area contributed by atoms with Crippen LogP contribution in [0.4, 0.5) is 0 Å². The Balaban J connectivity index is 0.974. The summed E-state index contributed by atoms with van der Waals surface area (Å²) in [5, 5.41) is 2.19. The smallest absolute Gasteiger partial charge is 0.164 e. The zero-order valence-electron chi connectivity index (χ0n) is 33.5. The molecule has 2 aliphatic carbocycles. The maximum absolute atomic E-state index is 6.26. The maximum atomic E-state index is 6.26. The molecule has 0 unspecified atom stereocenters. The van der Waals surface area contributed by atoms with Gasteiger partial charge in [0.1, 0.15) is 11.2 Å². The van der Waals surface area contributed by atoms with Crippen molar-refractivity contribution >= 4 is 21.9 Å². The van der Waals surface area contributed by atoms with Gasteiger partial charge in [0.2, 0.25) is 0 Å². The van der Waals surface area contributed by atoms with Gasteiger partial charge in [-0.2, -0.15) is 0 Å². The monoisotopic (exact) mass is 789 g/mol. The molecule has 2 heterocycles. The molecule has 0 aliphatic heterocycles. The molecule has 4 nitrogen and oxygen atoms in total. The van der Waals surface area contributed by atoms with Gasteiger partial charge in [0, 0.05) is 27.5 Å². The van der Waals surface area contributed by atoms with Gasteiger partial charge in [0.05, 0.1) is 5.41 Å². The van der Waals surface area contributed by atoms with Gasteiger partial charge in [0.25, 0.3) is 0 Å². The number of furan rings is 1. The molecule has 0 amide bonds. The molecular weight excluding hydrogens is 755 g/mol. The summed E-state index contributed by atoms with van der Waals surface area (Å²) in [7, 11) is 0. The van der Waals surface area contributed by atoms with Crippen LogP contribution in [0, 0.1) is 0 Å². The normalized spacial score (nSPS) is 13.0. The highest BCUT2D eigenvalue weighted by molar-refractivity contribution is 6.12. The van der Waals surface area contributed by atoms with Crippen LogP contribution in [-0.4, -0.2) is 15.0 Å². The first-order chi connectivity index (χ1) is 30.7. The van der Waals surface area contributed by atoms with Crippen LogP contribution >= 0.6 is 0 Å². The van der Waals surface area contributed by atoms with Crippen LogP contribution in [0.2, 0.25) is 0 Å². The van der Waals surface area contributed by atoms with Crippen LogP contribution in [0.15, 0.2) is 217 Å². The second kappa shape index (κ2) is 13.4. The molecule has 0 N–H and O–H groups in total. The van der Waals surface area contributed by atoms with E-state index in [2.05, 4.69) is 176 Å². The standard InChI is InChI=1S/C58H35N3O/c1-2-16-36(17-3-1)55-59-56(61-57(60-55)40-21-13-19-38(35-40)42-27-15-33-52-54(42)46-25-7-11-32-51(46)62-52)39-20-12-18-37(34-39)41-26-14-31-50-53(41)45-24-6-10-30-49(45)58(50)47-28-8-4-22-43(47)44-23-5-9-29-48(44)58/h1-35H. The first-order valence-electron chi connectivity index (χ1n) is 21.1. The summed E-state index contributed by atoms with van der Waals surface area (Å²) < 4.78 is 6.26. The lowest BCUT2D eigenvalue weighted by atomic mass is 9.70. The molecule has 11 aromatic rings. The van der Waals surface area contributed by atoms with Crippen LogP contribution in [0.1, 0.15) is 22.3 Å².